The Morgan fingerprint density at radius 2 is 2.44 bits per heavy atom. The van der Waals surface area contributed by atoms with Crippen LogP contribution in [0.1, 0.15) is 19.3 Å². The summed E-state index contributed by atoms with van der Waals surface area (Å²) in [4.78, 5) is 0. The smallest absolute Gasteiger partial charge is 0.0708 e. The third kappa shape index (κ3) is 2.56. The topological polar surface area (TPSA) is 21.3 Å². The van der Waals surface area contributed by atoms with Crippen molar-refractivity contribution in [2.24, 2.45) is 0 Å². The summed E-state index contributed by atoms with van der Waals surface area (Å²) in [6.45, 7) is 1.81. The first kappa shape index (κ1) is 7.38. The van der Waals surface area contributed by atoms with E-state index in [1.165, 1.54) is 19.3 Å². The van der Waals surface area contributed by atoms with Crippen LogP contribution in [0.15, 0.2) is 0 Å². The molecule has 0 aromatic carbocycles. The van der Waals surface area contributed by atoms with Crippen LogP contribution in [0.2, 0.25) is 0 Å². The third-order valence-electron chi connectivity index (χ3n) is 1.59. The van der Waals surface area contributed by atoms with E-state index in [9.17, 15) is 0 Å². The quantitative estimate of drug-likeness (QED) is 0.568. The van der Waals surface area contributed by atoms with Crippen LogP contribution in [-0.2, 0) is 4.74 Å². The maximum Gasteiger partial charge on any atom is 0.0708 e. The lowest BCUT2D eigenvalue weighted by Crippen LogP contribution is -2.27. The molecular weight excluding hydrogens is 134 g/mol. The van der Waals surface area contributed by atoms with Crippen molar-refractivity contribution in [3.63, 3.8) is 0 Å². The van der Waals surface area contributed by atoms with Crippen LogP contribution in [0.3, 0.4) is 0 Å². The fourth-order valence-electron chi connectivity index (χ4n) is 1.07. The van der Waals surface area contributed by atoms with Gasteiger partial charge in [-0.2, -0.15) is 0 Å². The van der Waals surface area contributed by atoms with Crippen LogP contribution in [0.4, 0.5) is 0 Å². The maximum atomic E-state index is 5.41. The number of thiol groups is 1. The Morgan fingerprint density at radius 1 is 1.56 bits per heavy atom. The summed E-state index contributed by atoms with van der Waals surface area (Å²) in [5, 5.41) is 0. The Kier molecular flexibility index (Phi) is 3.40. The Balaban J connectivity index is 2.08. The van der Waals surface area contributed by atoms with Gasteiger partial charge < -0.3 is 4.74 Å². The van der Waals surface area contributed by atoms with E-state index in [2.05, 4.69) is 17.5 Å². The van der Waals surface area contributed by atoms with Gasteiger partial charge in [0.1, 0.15) is 0 Å². The maximum absolute atomic E-state index is 5.41. The summed E-state index contributed by atoms with van der Waals surface area (Å²) in [6, 6.07) is 0. The number of hydrogen-bond acceptors (Lipinski definition) is 3. The van der Waals surface area contributed by atoms with Crippen molar-refractivity contribution in [3.05, 3.63) is 0 Å². The molecule has 3 heteroatoms. The first-order valence-electron chi connectivity index (χ1n) is 3.42. The molecule has 2 nitrogen and oxygen atoms in total. The second kappa shape index (κ2) is 4.14. The van der Waals surface area contributed by atoms with Crippen molar-refractivity contribution in [2.45, 2.75) is 25.4 Å². The van der Waals surface area contributed by atoms with Gasteiger partial charge in [0.25, 0.3) is 0 Å². The normalized spacial score (nSPS) is 28.3. The molecule has 0 aromatic heterocycles. The molecule has 0 bridgehead atoms. The van der Waals surface area contributed by atoms with Gasteiger partial charge in [-0.05, 0) is 19.3 Å². The van der Waals surface area contributed by atoms with Gasteiger partial charge in [-0.15, -0.1) is 0 Å². The fraction of sp³-hybridized carbons (Fsp3) is 1.00. The zero-order chi connectivity index (χ0) is 6.53. The highest BCUT2D eigenvalue weighted by molar-refractivity contribution is 7.78. The molecule has 1 fully saturated rings. The van der Waals surface area contributed by atoms with Crippen LogP contribution in [-0.4, -0.2) is 19.3 Å². The molecule has 1 aliphatic rings. The van der Waals surface area contributed by atoms with Crippen molar-refractivity contribution in [3.8, 4) is 0 Å². The molecular formula is C6H13NOS. The van der Waals surface area contributed by atoms with Gasteiger partial charge >= 0.3 is 0 Å². The summed E-state index contributed by atoms with van der Waals surface area (Å²) in [6.07, 6.45) is 4.13. The van der Waals surface area contributed by atoms with Gasteiger partial charge in [-0.1, -0.05) is 12.8 Å². The van der Waals surface area contributed by atoms with E-state index in [1.807, 2.05) is 0 Å². The van der Waals surface area contributed by atoms with E-state index in [0.29, 0.717) is 6.10 Å². The van der Waals surface area contributed by atoms with Gasteiger partial charge in [-0.3, -0.25) is 4.72 Å². The molecule has 1 aliphatic heterocycles. The van der Waals surface area contributed by atoms with Gasteiger partial charge in [0.05, 0.1) is 6.10 Å². The second-order valence-corrected chi connectivity index (χ2v) is 2.67. The average molecular weight is 147 g/mol. The number of hydrogen-bond donors (Lipinski definition) is 2. The summed E-state index contributed by atoms with van der Waals surface area (Å²) in [5.74, 6) is 0. The second-order valence-electron chi connectivity index (χ2n) is 2.35. The Hall–Kier alpha value is 0.270. The van der Waals surface area contributed by atoms with Gasteiger partial charge in [0.2, 0.25) is 0 Å². The van der Waals surface area contributed by atoms with E-state index in [4.69, 9.17) is 4.74 Å². The van der Waals surface area contributed by atoms with E-state index >= 15 is 0 Å². The monoisotopic (exact) mass is 147 g/mol. The molecule has 1 saturated heterocycles. The van der Waals surface area contributed by atoms with E-state index in [1.54, 1.807) is 0 Å². The lowest BCUT2D eigenvalue weighted by Gasteiger charge is -2.21. The van der Waals surface area contributed by atoms with Crippen molar-refractivity contribution < 1.29 is 4.74 Å². The molecule has 1 N–H and O–H groups in total. The summed E-state index contributed by atoms with van der Waals surface area (Å²) < 4.78 is 8.21. The third-order valence-corrected chi connectivity index (χ3v) is 1.78. The largest absolute Gasteiger partial charge is 0.377 e. The van der Waals surface area contributed by atoms with Gasteiger partial charge in [0.15, 0.2) is 0 Å². The highest BCUT2D eigenvalue weighted by Gasteiger charge is 2.11. The number of ether oxygens (including phenoxy) is 1. The van der Waals surface area contributed by atoms with Crippen LogP contribution in [0.5, 0.6) is 0 Å². The number of nitrogens with one attached hydrogen (secondary N) is 1. The average Bonchev–Trinajstić information content (AvgIpc) is 1.91. The zero-order valence-corrected chi connectivity index (χ0v) is 6.36. The highest BCUT2D eigenvalue weighted by Crippen LogP contribution is 2.11. The van der Waals surface area contributed by atoms with E-state index in [0.717, 1.165) is 13.2 Å². The molecule has 1 rings (SSSR count). The predicted octanol–water partition coefficient (Wildman–Crippen LogP) is 0.990. The molecule has 1 atom stereocenters. The van der Waals surface area contributed by atoms with Crippen LogP contribution in [0.25, 0.3) is 0 Å². The minimum absolute atomic E-state index is 0.413. The molecule has 9 heavy (non-hydrogen) atoms. The molecule has 0 aliphatic carbocycles. The molecule has 54 valence electrons. The summed E-state index contributed by atoms with van der Waals surface area (Å²) in [5.41, 5.74) is 0. The molecule has 0 amide bonds. The molecule has 0 spiro atoms. The fourth-order valence-corrected chi connectivity index (χ4v) is 1.27. The zero-order valence-electron chi connectivity index (χ0n) is 5.47. The SMILES string of the molecule is SNC[C@H]1CCCCO1. The van der Waals surface area contributed by atoms with Gasteiger partial charge in [0, 0.05) is 13.2 Å². The Labute approximate surface area is 61.5 Å². The van der Waals surface area contributed by atoms with Crippen molar-refractivity contribution in [1.29, 1.82) is 0 Å². The first-order valence-corrected chi connectivity index (χ1v) is 3.87. The Bertz CT molecular complexity index is 70.7. The highest BCUT2D eigenvalue weighted by atomic mass is 32.1. The minimum atomic E-state index is 0.413. The van der Waals surface area contributed by atoms with E-state index in [-0.39, 0.29) is 0 Å². The van der Waals surface area contributed by atoms with Crippen molar-refractivity contribution in [2.75, 3.05) is 13.2 Å². The molecule has 0 radical (unpaired) electrons. The van der Waals surface area contributed by atoms with Crippen molar-refractivity contribution >= 4 is 12.8 Å². The van der Waals surface area contributed by atoms with E-state index < -0.39 is 0 Å². The summed E-state index contributed by atoms with van der Waals surface area (Å²) >= 11 is 3.90. The predicted molar refractivity (Wildman–Crippen MR) is 40.6 cm³/mol. The molecule has 0 aromatic rings. The molecule has 1 heterocycles. The van der Waals surface area contributed by atoms with Crippen molar-refractivity contribution in [1.82, 2.24) is 4.72 Å². The molecule has 0 unspecified atom stereocenters. The van der Waals surface area contributed by atoms with Crippen LogP contribution < -0.4 is 4.72 Å². The molecule has 0 saturated carbocycles. The lowest BCUT2D eigenvalue weighted by atomic mass is 10.1. The first-order chi connectivity index (χ1) is 4.43. The minimum Gasteiger partial charge on any atom is -0.377 e. The lowest BCUT2D eigenvalue weighted by molar-refractivity contribution is 0.0204. The van der Waals surface area contributed by atoms with Crippen LogP contribution in [0, 0.1) is 0 Å². The Morgan fingerprint density at radius 3 is 3.00 bits per heavy atom. The summed E-state index contributed by atoms with van der Waals surface area (Å²) in [7, 11) is 0. The van der Waals surface area contributed by atoms with Gasteiger partial charge in [-0.25, -0.2) is 0 Å². The standard InChI is InChI=1S/C6H13NOS/c9-7-5-6-3-1-2-4-8-6/h6-7,9H,1-5H2/t6-/m1/s1. The van der Waals surface area contributed by atoms with Crippen LogP contribution >= 0.6 is 12.8 Å². The number of rotatable bonds is 2.